The zero-order chi connectivity index (χ0) is 13.2. The van der Waals surface area contributed by atoms with Crippen molar-refractivity contribution in [3.8, 4) is 5.75 Å². The Bertz CT molecular complexity index is 410. The van der Waals surface area contributed by atoms with E-state index in [1.807, 2.05) is 6.07 Å². The van der Waals surface area contributed by atoms with Crippen LogP contribution in [0, 0.1) is 11.8 Å². The Balaban J connectivity index is 1.71. The van der Waals surface area contributed by atoms with Gasteiger partial charge < -0.3 is 4.74 Å². The summed E-state index contributed by atoms with van der Waals surface area (Å²) < 4.78 is 6.11. The third kappa shape index (κ3) is 2.63. The van der Waals surface area contributed by atoms with Gasteiger partial charge in [-0.2, -0.15) is 0 Å². The van der Waals surface area contributed by atoms with Crippen LogP contribution in [0.1, 0.15) is 38.2 Å². The monoisotopic (exact) mass is 260 g/mol. The number of nitrogens with two attached hydrogens (primary N) is 1. The highest BCUT2D eigenvalue weighted by molar-refractivity contribution is 5.37. The molecule has 3 nitrogen and oxygen atoms in total. The summed E-state index contributed by atoms with van der Waals surface area (Å²) in [6, 6.07) is 8.61. The van der Waals surface area contributed by atoms with Gasteiger partial charge in [0, 0.05) is 6.42 Å². The van der Waals surface area contributed by atoms with Crippen molar-refractivity contribution in [1.82, 2.24) is 5.43 Å². The smallest absolute Gasteiger partial charge is 0.123 e. The highest BCUT2D eigenvalue weighted by Gasteiger charge is 2.36. The van der Waals surface area contributed by atoms with E-state index < -0.39 is 0 Å². The first kappa shape index (κ1) is 12.9. The lowest BCUT2D eigenvalue weighted by Crippen LogP contribution is -2.51. The van der Waals surface area contributed by atoms with E-state index in [2.05, 4.69) is 30.5 Å². The molecule has 0 aromatic heterocycles. The molecule has 0 bridgehead atoms. The van der Waals surface area contributed by atoms with E-state index in [1.165, 1.54) is 31.2 Å². The van der Waals surface area contributed by atoms with Gasteiger partial charge in [-0.25, -0.2) is 0 Å². The van der Waals surface area contributed by atoms with Crippen molar-refractivity contribution in [2.75, 3.05) is 0 Å². The molecular weight excluding hydrogens is 236 g/mol. The molecule has 4 atom stereocenters. The molecule has 0 spiro atoms. The third-order valence-corrected chi connectivity index (χ3v) is 4.75. The van der Waals surface area contributed by atoms with E-state index in [1.54, 1.807) is 0 Å². The predicted molar refractivity (Wildman–Crippen MR) is 76.8 cm³/mol. The molecular formula is C16H24N2O. The fourth-order valence-electron chi connectivity index (χ4n) is 3.76. The van der Waals surface area contributed by atoms with Gasteiger partial charge in [0.1, 0.15) is 11.9 Å². The molecule has 1 aromatic rings. The molecule has 1 aromatic carbocycles. The van der Waals surface area contributed by atoms with Crippen LogP contribution >= 0.6 is 0 Å². The SMILES string of the molecule is CC1CCCC(C(NN)C2Cc3ccccc3O2)C1. The first-order valence-electron chi connectivity index (χ1n) is 7.48. The average molecular weight is 260 g/mol. The second kappa shape index (κ2) is 5.51. The zero-order valence-corrected chi connectivity index (χ0v) is 11.6. The Morgan fingerprint density at radius 2 is 2.16 bits per heavy atom. The van der Waals surface area contributed by atoms with Crippen molar-refractivity contribution in [3.05, 3.63) is 29.8 Å². The Labute approximate surface area is 115 Å². The van der Waals surface area contributed by atoms with Gasteiger partial charge in [-0.15, -0.1) is 0 Å². The molecule has 0 saturated heterocycles. The number of hydrogen-bond acceptors (Lipinski definition) is 3. The predicted octanol–water partition coefficient (Wildman–Crippen LogP) is 2.65. The lowest BCUT2D eigenvalue weighted by Gasteiger charge is -2.35. The Kier molecular flexibility index (Phi) is 3.76. The molecule has 3 rings (SSSR count). The molecule has 1 aliphatic carbocycles. The van der Waals surface area contributed by atoms with Crippen molar-refractivity contribution >= 4 is 0 Å². The van der Waals surface area contributed by atoms with Gasteiger partial charge in [0.15, 0.2) is 0 Å². The molecule has 1 heterocycles. The van der Waals surface area contributed by atoms with Crippen LogP contribution in [0.15, 0.2) is 24.3 Å². The normalized spacial score (nSPS) is 31.6. The van der Waals surface area contributed by atoms with Crippen molar-refractivity contribution < 1.29 is 4.74 Å². The van der Waals surface area contributed by atoms with Crippen molar-refractivity contribution in [3.63, 3.8) is 0 Å². The second-order valence-electron chi connectivity index (χ2n) is 6.19. The number of rotatable bonds is 3. The summed E-state index contributed by atoms with van der Waals surface area (Å²) in [4.78, 5) is 0. The van der Waals surface area contributed by atoms with Crippen LogP contribution in [-0.4, -0.2) is 12.1 Å². The van der Waals surface area contributed by atoms with Crippen molar-refractivity contribution in [1.29, 1.82) is 0 Å². The molecule has 3 N–H and O–H groups in total. The van der Waals surface area contributed by atoms with Gasteiger partial charge in [-0.1, -0.05) is 38.0 Å². The van der Waals surface area contributed by atoms with Gasteiger partial charge in [0.2, 0.25) is 0 Å². The largest absolute Gasteiger partial charge is 0.488 e. The van der Waals surface area contributed by atoms with Gasteiger partial charge >= 0.3 is 0 Å². The molecule has 1 aliphatic heterocycles. The number of benzene rings is 1. The van der Waals surface area contributed by atoms with E-state index >= 15 is 0 Å². The third-order valence-electron chi connectivity index (χ3n) is 4.75. The molecule has 4 unspecified atom stereocenters. The topological polar surface area (TPSA) is 47.3 Å². The van der Waals surface area contributed by atoms with E-state index in [0.29, 0.717) is 5.92 Å². The highest BCUT2D eigenvalue weighted by Crippen LogP contribution is 2.36. The number of nitrogens with one attached hydrogen (secondary N) is 1. The maximum absolute atomic E-state index is 6.11. The molecule has 104 valence electrons. The van der Waals surface area contributed by atoms with Gasteiger partial charge in [0.25, 0.3) is 0 Å². The second-order valence-corrected chi connectivity index (χ2v) is 6.19. The fourth-order valence-corrected chi connectivity index (χ4v) is 3.76. The summed E-state index contributed by atoms with van der Waals surface area (Å²) in [6.45, 7) is 2.35. The summed E-state index contributed by atoms with van der Waals surface area (Å²) in [5.74, 6) is 8.34. The first-order chi connectivity index (χ1) is 9.28. The number of ether oxygens (including phenoxy) is 1. The van der Waals surface area contributed by atoms with Crippen LogP contribution in [0.4, 0.5) is 0 Å². The Morgan fingerprint density at radius 3 is 2.89 bits per heavy atom. The molecule has 2 aliphatic rings. The minimum atomic E-state index is 0.192. The van der Waals surface area contributed by atoms with E-state index in [9.17, 15) is 0 Å². The fraction of sp³-hybridized carbons (Fsp3) is 0.625. The Morgan fingerprint density at radius 1 is 1.32 bits per heavy atom. The van der Waals surface area contributed by atoms with E-state index in [0.717, 1.165) is 18.1 Å². The number of hydrogen-bond donors (Lipinski definition) is 2. The lowest BCUT2D eigenvalue weighted by atomic mass is 9.77. The van der Waals surface area contributed by atoms with Crippen molar-refractivity contribution in [2.45, 2.75) is 51.2 Å². The molecule has 1 fully saturated rings. The molecule has 3 heteroatoms. The summed E-state index contributed by atoms with van der Waals surface area (Å²) in [7, 11) is 0. The highest BCUT2D eigenvalue weighted by atomic mass is 16.5. The Hall–Kier alpha value is -1.06. The quantitative estimate of drug-likeness (QED) is 0.649. The van der Waals surface area contributed by atoms with Crippen LogP contribution in [0.2, 0.25) is 0 Å². The summed E-state index contributed by atoms with van der Waals surface area (Å²) in [5, 5.41) is 0. The van der Waals surface area contributed by atoms with Crippen LogP contribution in [0.3, 0.4) is 0 Å². The summed E-state index contributed by atoms with van der Waals surface area (Å²) in [5.41, 5.74) is 4.36. The molecule has 0 amide bonds. The van der Waals surface area contributed by atoms with Crippen LogP contribution < -0.4 is 16.0 Å². The van der Waals surface area contributed by atoms with Crippen molar-refractivity contribution in [2.24, 2.45) is 17.7 Å². The number of para-hydroxylation sites is 1. The van der Waals surface area contributed by atoms with Gasteiger partial charge in [-0.05, 0) is 36.3 Å². The minimum absolute atomic E-state index is 0.192. The van der Waals surface area contributed by atoms with E-state index in [-0.39, 0.29) is 12.1 Å². The standard InChI is InChI=1S/C16H24N2O/c1-11-5-4-7-13(9-11)16(18-17)15-10-12-6-2-3-8-14(12)19-15/h2-3,6,8,11,13,15-16,18H,4-5,7,9-10,17H2,1H3. The average Bonchev–Trinajstić information content (AvgIpc) is 2.83. The van der Waals surface area contributed by atoms with Gasteiger partial charge in [-0.3, -0.25) is 11.3 Å². The zero-order valence-electron chi connectivity index (χ0n) is 11.6. The molecule has 19 heavy (non-hydrogen) atoms. The van der Waals surface area contributed by atoms with Crippen LogP contribution in [0.5, 0.6) is 5.75 Å². The number of fused-ring (bicyclic) bond motifs is 1. The van der Waals surface area contributed by atoms with Gasteiger partial charge in [0.05, 0.1) is 6.04 Å². The molecule has 0 radical (unpaired) electrons. The first-order valence-corrected chi connectivity index (χ1v) is 7.48. The number of hydrazine groups is 1. The summed E-state index contributed by atoms with van der Waals surface area (Å²) in [6.07, 6.45) is 6.40. The molecule has 1 saturated carbocycles. The van der Waals surface area contributed by atoms with E-state index in [4.69, 9.17) is 10.6 Å². The summed E-state index contributed by atoms with van der Waals surface area (Å²) >= 11 is 0. The maximum atomic E-state index is 6.11. The lowest BCUT2D eigenvalue weighted by molar-refractivity contribution is 0.110. The minimum Gasteiger partial charge on any atom is -0.488 e. The van der Waals surface area contributed by atoms with Crippen LogP contribution in [0.25, 0.3) is 0 Å². The van der Waals surface area contributed by atoms with Crippen LogP contribution in [-0.2, 0) is 6.42 Å². The maximum Gasteiger partial charge on any atom is 0.123 e.